The molecule has 0 aliphatic carbocycles. The number of nitriles is 1. The summed E-state index contributed by atoms with van der Waals surface area (Å²) in [6.45, 7) is 1.61. The predicted molar refractivity (Wildman–Crippen MR) is 82.9 cm³/mol. The highest BCUT2D eigenvalue weighted by molar-refractivity contribution is 7.92. The third-order valence-electron chi connectivity index (χ3n) is 2.63. The van der Waals surface area contributed by atoms with Gasteiger partial charge in [-0.1, -0.05) is 29.8 Å². The molecule has 118 valence electrons. The van der Waals surface area contributed by atoms with Gasteiger partial charge >= 0.3 is 5.97 Å². The molecule has 1 aromatic rings. The minimum atomic E-state index is -3.70. The van der Waals surface area contributed by atoms with Crippen molar-refractivity contribution >= 4 is 22.1 Å². The lowest BCUT2D eigenvalue weighted by molar-refractivity contribution is -0.142. The van der Waals surface area contributed by atoms with Crippen LogP contribution >= 0.6 is 0 Å². The first kappa shape index (κ1) is 17.9. The summed E-state index contributed by atoms with van der Waals surface area (Å²) in [5, 5.41) is 9.32. The number of nitrogens with one attached hydrogen (secondary N) is 1. The Morgan fingerprint density at radius 1 is 1.36 bits per heavy atom. The molecule has 0 radical (unpaired) electrons. The van der Waals surface area contributed by atoms with Gasteiger partial charge in [0.2, 0.25) is 10.0 Å². The third kappa shape index (κ3) is 7.57. The maximum absolute atomic E-state index is 11.7. The maximum atomic E-state index is 11.7. The molecule has 0 bridgehead atoms. The average molecular weight is 322 g/mol. The average Bonchev–Trinajstić information content (AvgIpc) is 2.49. The second-order valence-corrected chi connectivity index (χ2v) is 6.21. The highest BCUT2D eigenvalue weighted by atomic mass is 32.2. The number of carbonyl (C=O) groups is 1. The molecule has 22 heavy (non-hydrogen) atoms. The van der Waals surface area contributed by atoms with E-state index in [0.717, 1.165) is 16.5 Å². The molecule has 0 aromatic heterocycles. The largest absolute Gasteiger partial charge is 0.465 e. The van der Waals surface area contributed by atoms with Crippen LogP contribution in [0, 0.1) is 18.3 Å². The van der Waals surface area contributed by atoms with Gasteiger partial charge < -0.3 is 4.74 Å². The summed E-state index contributed by atoms with van der Waals surface area (Å²) in [6.07, 6.45) is 2.17. The fraction of sp³-hybridized carbons (Fsp3) is 0.333. The number of carbonyl (C=O) groups excluding carboxylic acids is 1. The number of nitrogens with zero attached hydrogens (tertiary/aromatic N) is 1. The summed E-state index contributed by atoms with van der Waals surface area (Å²) in [7, 11) is -3.70. The molecule has 7 heteroatoms. The molecule has 1 aromatic carbocycles. The zero-order valence-corrected chi connectivity index (χ0v) is 13.1. The zero-order valence-electron chi connectivity index (χ0n) is 12.3. The van der Waals surface area contributed by atoms with Gasteiger partial charge in [0.15, 0.2) is 0 Å². The SMILES string of the molecule is Cc1ccc(/C=C/S(=O)(=O)NCC(=O)OCCCC#N)cc1. The van der Waals surface area contributed by atoms with Gasteiger partial charge in [-0.25, -0.2) is 13.1 Å². The van der Waals surface area contributed by atoms with Gasteiger partial charge in [-0.15, -0.1) is 0 Å². The smallest absolute Gasteiger partial charge is 0.321 e. The Bertz CT molecular complexity index is 658. The van der Waals surface area contributed by atoms with E-state index < -0.39 is 22.5 Å². The number of esters is 1. The number of rotatable bonds is 8. The van der Waals surface area contributed by atoms with Gasteiger partial charge in [-0.05, 0) is 25.0 Å². The molecule has 0 atom stereocenters. The van der Waals surface area contributed by atoms with E-state index in [1.54, 1.807) is 12.1 Å². The van der Waals surface area contributed by atoms with Crippen LogP contribution in [-0.4, -0.2) is 27.5 Å². The Morgan fingerprint density at radius 2 is 2.05 bits per heavy atom. The van der Waals surface area contributed by atoms with Crippen molar-refractivity contribution in [2.45, 2.75) is 19.8 Å². The molecule has 0 saturated carbocycles. The number of sulfonamides is 1. The van der Waals surface area contributed by atoms with Crippen LogP contribution in [0.2, 0.25) is 0 Å². The van der Waals surface area contributed by atoms with Crippen LogP contribution in [0.15, 0.2) is 29.7 Å². The number of hydrogen-bond acceptors (Lipinski definition) is 5. The molecule has 0 aliphatic heterocycles. The van der Waals surface area contributed by atoms with E-state index in [1.165, 1.54) is 6.08 Å². The Morgan fingerprint density at radius 3 is 2.68 bits per heavy atom. The maximum Gasteiger partial charge on any atom is 0.321 e. The number of benzene rings is 1. The standard InChI is InChI=1S/C15H18N2O4S/c1-13-4-6-14(7-5-13)8-11-22(19,20)17-12-15(18)21-10-3-2-9-16/h4-8,11,17H,2-3,10,12H2,1H3/b11-8+. The van der Waals surface area contributed by atoms with Gasteiger partial charge in [-0.2, -0.15) is 5.26 Å². The fourth-order valence-corrected chi connectivity index (χ4v) is 2.19. The van der Waals surface area contributed by atoms with Crippen molar-refractivity contribution in [3.05, 3.63) is 40.8 Å². The summed E-state index contributed by atoms with van der Waals surface area (Å²) in [5.74, 6) is -0.676. The second-order valence-electron chi connectivity index (χ2n) is 4.56. The van der Waals surface area contributed by atoms with Gasteiger partial charge in [0, 0.05) is 11.8 Å². The van der Waals surface area contributed by atoms with Crippen molar-refractivity contribution in [3.8, 4) is 6.07 Å². The van der Waals surface area contributed by atoms with Crippen molar-refractivity contribution in [1.82, 2.24) is 4.72 Å². The predicted octanol–water partition coefficient (Wildman–Crippen LogP) is 1.73. The first-order valence-electron chi connectivity index (χ1n) is 6.70. The minimum Gasteiger partial charge on any atom is -0.465 e. The van der Waals surface area contributed by atoms with E-state index in [-0.39, 0.29) is 13.0 Å². The normalized spacial score (nSPS) is 11.3. The first-order chi connectivity index (χ1) is 10.4. The molecule has 0 saturated heterocycles. The van der Waals surface area contributed by atoms with E-state index in [1.807, 2.05) is 25.1 Å². The lowest BCUT2D eigenvalue weighted by atomic mass is 10.2. The molecule has 0 heterocycles. The summed E-state index contributed by atoms with van der Waals surface area (Å²) in [4.78, 5) is 11.3. The summed E-state index contributed by atoms with van der Waals surface area (Å²) >= 11 is 0. The number of ether oxygens (including phenoxy) is 1. The van der Waals surface area contributed by atoms with Crippen LogP contribution in [0.1, 0.15) is 24.0 Å². The minimum absolute atomic E-state index is 0.104. The summed E-state index contributed by atoms with van der Waals surface area (Å²) < 4.78 is 30.3. The van der Waals surface area contributed by atoms with Crippen LogP contribution in [0.25, 0.3) is 6.08 Å². The Labute approximate surface area is 130 Å². The Balaban J connectivity index is 2.42. The zero-order chi connectivity index (χ0) is 16.4. The molecule has 0 aliphatic rings. The van der Waals surface area contributed by atoms with E-state index in [2.05, 4.69) is 4.72 Å². The van der Waals surface area contributed by atoms with Crippen molar-refractivity contribution < 1.29 is 17.9 Å². The topological polar surface area (TPSA) is 96.3 Å². The van der Waals surface area contributed by atoms with Crippen LogP contribution in [0.5, 0.6) is 0 Å². The van der Waals surface area contributed by atoms with Gasteiger partial charge in [0.05, 0.1) is 12.7 Å². The quantitative estimate of drug-likeness (QED) is 0.581. The summed E-state index contributed by atoms with van der Waals surface area (Å²) in [6, 6.07) is 9.26. The van der Waals surface area contributed by atoms with Crippen molar-refractivity contribution in [1.29, 1.82) is 5.26 Å². The molecule has 0 amide bonds. The number of unbranched alkanes of at least 4 members (excludes halogenated alkanes) is 1. The summed E-state index contributed by atoms with van der Waals surface area (Å²) in [5.41, 5.74) is 1.83. The lowest BCUT2D eigenvalue weighted by Gasteiger charge is -2.04. The van der Waals surface area contributed by atoms with Crippen LogP contribution in [0.4, 0.5) is 0 Å². The number of aryl methyl sites for hydroxylation is 1. The van der Waals surface area contributed by atoms with Crippen molar-refractivity contribution in [2.75, 3.05) is 13.2 Å². The van der Waals surface area contributed by atoms with E-state index >= 15 is 0 Å². The Kier molecular flexibility index (Phi) is 7.29. The fourth-order valence-electron chi connectivity index (χ4n) is 1.44. The molecule has 0 fully saturated rings. The van der Waals surface area contributed by atoms with E-state index in [9.17, 15) is 13.2 Å². The molecule has 1 rings (SSSR count). The van der Waals surface area contributed by atoms with E-state index in [0.29, 0.717) is 6.42 Å². The lowest BCUT2D eigenvalue weighted by Crippen LogP contribution is -2.29. The first-order valence-corrected chi connectivity index (χ1v) is 8.24. The van der Waals surface area contributed by atoms with Gasteiger partial charge in [0.1, 0.15) is 6.54 Å². The third-order valence-corrected chi connectivity index (χ3v) is 3.67. The van der Waals surface area contributed by atoms with Crippen LogP contribution in [-0.2, 0) is 19.6 Å². The molecular formula is C15H18N2O4S. The monoisotopic (exact) mass is 322 g/mol. The molecule has 6 nitrogen and oxygen atoms in total. The van der Waals surface area contributed by atoms with Crippen LogP contribution in [0.3, 0.4) is 0 Å². The Hall–Kier alpha value is -2.17. The van der Waals surface area contributed by atoms with Crippen molar-refractivity contribution in [3.63, 3.8) is 0 Å². The van der Waals surface area contributed by atoms with Crippen molar-refractivity contribution in [2.24, 2.45) is 0 Å². The number of hydrogen-bond donors (Lipinski definition) is 1. The van der Waals surface area contributed by atoms with E-state index in [4.69, 9.17) is 10.00 Å². The highest BCUT2D eigenvalue weighted by Gasteiger charge is 2.09. The van der Waals surface area contributed by atoms with Crippen LogP contribution < -0.4 is 4.72 Å². The highest BCUT2D eigenvalue weighted by Crippen LogP contribution is 2.05. The molecule has 1 N–H and O–H groups in total. The van der Waals surface area contributed by atoms with Gasteiger partial charge in [0.25, 0.3) is 0 Å². The molecular weight excluding hydrogens is 304 g/mol. The molecule has 0 spiro atoms. The molecule has 0 unspecified atom stereocenters. The second kappa shape index (κ2) is 8.97. The van der Waals surface area contributed by atoms with Gasteiger partial charge in [-0.3, -0.25) is 4.79 Å².